The van der Waals surface area contributed by atoms with Gasteiger partial charge < -0.3 is 10.1 Å². The summed E-state index contributed by atoms with van der Waals surface area (Å²) in [5.41, 5.74) is 0. The lowest BCUT2D eigenvalue weighted by atomic mass is 9.91. The molecule has 2 fully saturated rings. The molecule has 2 rings (SSSR count). The van der Waals surface area contributed by atoms with Crippen LogP contribution in [0.5, 0.6) is 0 Å². The van der Waals surface area contributed by atoms with Crippen LogP contribution in [0.25, 0.3) is 0 Å². The molecule has 3 unspecified atom stereocenters. The molecule has 0 aromatic carbocycles. The minimum atomic E-state index is 0.481. The van der Waals surface area contributed by atoms with E-state index < -0.39 is 0 Å². The Morgan fingerprint density at radius 3 is 2.67 bits per heavy atom. The molecule has 2 aliphatic rings. The van der Waals surface area contributed by atoms with Gasteiger partial charge in [0.1, 0.15) is 0 Å². The monoisotopic (exact) mass is 212 g/mol. The first kappa shape index (κ1) is 11.4. The smallest absolute Gasteiger partial charge is 0.0726 e. The van der Waals surface area contributed by atoms with Gasteiger partial charge >= 0.3 is 0 Å². The molecule has 0 aromatic heterocycles. The van der Waals surface area contributed by atoms with E-state index in [1.165, 1.54) is 45.2 Å². The second-order valence-electron chi connectivity index (χ2n) is 4.90. The van der Waals surface area contributed by atoms with Crippen molar-refractivity contribution >= 4 is 0 Å². The zero-order valence-electron chi connectivity index (χ0n) is 10.0. The molecule has 3 nitrogen and oxygen atoms in total. The first-order chi connectivity index (χ1) is 7.35. The standard InChI is InChI=1S/C12H24N2O/c1-13-10-7-8-14(9-10)11-5-3-4-6-12(11)15-2/h10-13H,3-9H2,1-2H3. The van der Waals surface area contributed by atoms with Crippen molar-refractivity contribution in [2.45, 2.75) is 50.3 Å². The molecule has 0 aromatic rings. The molecule has 1 aliphatic carbocycles. The van der Waals surface area contributed by atoms with Gasteiger partial charge in [-0.15, -0.1) is 0 Å². The maximum atomic E-state index is 5.62. The molecule has 1 saturated carbocycles. The Morgan fingerprint density at radius 1 is 1.20 bits per heavy atom. The number of ether oxygens (including phenoxy) is 1. The van der Waals surface area contributed by atoms with Crippen LogP contribution in [-0.4, -0.2) is 50.3 Å². The molecule has 1 heterocycles. The van der Waals surface area contributed by atoms with Crippen LogP contribution in [0.2, 0.25) is 0 Å². The quantitative estimate of drug-likeness (QED) is 0.762. The summed E-state index contributed by atoms with van der Waals surface area (Å²) in [6.07, 6.45) is 7.08. The summed E-state index contributed by atoms with van der Waals surface area (Å²) >= 11 is 0. The average molecular weight is 212 g/mol. The Bertz CT molecular complexity index is 198. The third kappa shape index (κ3) is 2.52. The lowest BCUT2D eigenvalue weighted by Gasteiger charge is -2.37. The Kier molecular flexibility index (Phi) is 4.00. The van der Waals surface area contributed by atoms with Gasteiger partial charge in [0.25, 0.3) is 0 Å². The van der Waals surface area contributed by atoms with E-state index >= 15 is 0 Å². The van der Waals surface area contributed by atoms with E-state index in [9.17, 15) is 0 Å². The molecule has 0 spiro atoms. The van der Waals surface area contributed by atoms with Crippen molar-refractivity contribution < 1.29 is 4.74 Å². The van der Waals surface area contributed by atoms with Crippen LogP contribution in [0.3, 0.4) is 0 Å². The number of hydrogen-bond donors (Lipinski definition) is 1. The molecule has 15 heavy (non-hydrogen) atoms. The Morgan fingerprint density at radius 2 is 2.00 bits per heavy atom. The largest absolute Gasteiger partial charge is 0.380 e. The van der Waals surface area contributed by atoms with Crippen LogP contribution >= 0.6 is 0 Å². The second kappa shape index (κ2) is 5.28. The maximum absolute atomic E-state index is 5.62. The van der Waals surface area contributed by atoms with Crippen LogP contribution in [-0.2, 0) is 4.74 Å². The lowest BCUT2D eigenvalue weighted by molar-refractivity contribution is -0.00337. The van der Waals surface area contributed by atoms with Gasteiger partial charge in [0.2, 0.25) is 0 Å². The molecule has 0 bridgehead atoms. The topological polar surface area (TPSA) is 24.5 Å². The molecule has 3 atom stereocenters. The summed E-state index contributed by atoms with van der Waals surface area (Å²) in [7, 11) is 3.94. The van der Waals surface area contributed by atoms with E-state index in [0.29, 0.717) is 18.2 Å². The van der Waals surface area contributed by atoms with Gasteiger partial charge in [-0.05, 0) is 26.3 Å². The first-order valence-corrected chi connectivity index (χ1v) is 6.29. The molecule has 1 N–H and O–H groups in total. The molecule has 1 saturated heterocycles. The van der Waals surface area contributed by atoms with Gasteiger partial charge in [-0.3, -0.25) is 4.90 Å². The Balaban J connectivity index is 1.90. The fourth-order valence-electron chi connectivity index (χ4n) is 3.09. The van der Waals surface area contributed by atoms with Gasteiger partial charge in [0.05, 0.1) is 6.10 Å². The van der Waals surface area contributed by atoms with Crippen LogP contribution in [0, 0.1) is 0 Å². The number of likely N-dealkylation sites (tertiary alicyclic amines) is 1. The molecule has 0 radical (unpaired) electrons. The highest BCUT2D eigenvalue weighted by atomic mass is 16.5. The van der Waals surface area contributed by atoms with E-state index in [-0.39, 0.29) is 0 Å². The van der Waals surface area contributed by atoms with E-state index in [1.54, 1.807) is 0 Å². The molecule has 1 aliphatic heterocycles. The van der Waals surface area contributed by atoms with Crippen LogP contribution in [0.15, 0.2) is 0 Å². The van der Waals surface area contributed by atoms with E-state index in [1.807, 2.05) is 7.11 Å². The number of methoxy groups -OCH3 is 1. The lowest BCUT2D eigenvalue weighted by Crippen LogP contribution is -2.46. The normalized spacial score (nSPS) is 38.4. The van der Waals surface area contributed by atoms with Crippen molar-refractivity contribution in [3.8, 4) is 0 Å². The van der Waals surface area contributed by atoms with Crippen molar-refractivity contribution in [2.24, 2.45) is 0 Å². The van der Waals surface area contributed by atoms with Gasteiger partial charge in [-0.1, -0.05) is 12.8 Å². The fourth-order valence-corrected chi connectivity index (χ4v) is 3.09. The molecule has 88 valence electrons. The Hall–Kier alpha value is -0.120. The molecular formula is C12H24N2O. The van der Waals surface area contributed by atoms with Crippen molar-refractivity contribution in [3.05, 3.63) is 0 Å². The van der Waals surface area contributed by atoms with Crippen LogP contribution < -0.4 is 5.32 Å². The minimum absolute atomic E-state index is 0.481. The van der Waals surface area contributed by atoms with Crippen molar-refractivity contribution in [3.63, 3.8) is 0 Å². The summed E-state index contributed by atoms with van der Waals surface area (Å²) < 4.78 is 5.62. The zero-order chi connectivity index (χ0) is 10.7. The van der Waals surface area contributed by atoms with Crippen molar-refractivity contribution in [1.82, 2.24) is 10.2 Å². The van der Waals surface area contributed by atoms with E-state index in [4.69, 9.17) is 4.74 Å². The summed E-state index contributed by atoms with van der Waals surface area (Å²) in [5, 5.41) is 3.38. The summed E-state index contributed by atoms with van der Waals surface area (Å²) in [5.74, 6) is 0. The number of nitrogens with one attached hydrogen (secondary N) is 1. The third-order valence-electron chi connectivity index (χ3n) is 4.07. The molecule has 0 amide bonds. The summed E-state index contributed by atoms with van der Waals surface area (Å²) in [4.78, 5) is 2.63. The third-order valence-corrected chi connectivity index (χ3v) is 4.07. The van der Waals surface area contributed by atoms with Crippen molar-refractivity contribution in [1.29, 1.82) is 0 Å². The minimum Gasteiger partial charge on any atom is -0.380 e. The number of likely N-dealkylation sites (N-methyl/N-ethyl adjacent to an activating group) is 1. The Labute approximate surface area is 93.2 Å². The predicted octanol–water partition coefficient (Wildman–Crippen LogP) is 1.24. The number of nitrogens with zero attached hydrogens (tertiary/aromatic N) is 1. The van der Waals surface area contributed by atoms with Crippen LogP contribution in [0.4, 0.5) is 0 Å². The van der Waals surface area contributed by atoms with E-state index in [2.05, 4.69) is 17.3 Å². The predicted molar refractivity (Wildman–Crippen MR) is 62.1 cm³/mol. The fraction of sp³-hybridized carbons (Fsp3) is 1.00. The van der Waals surface area contributed by atoms with Gasteiger partial charge in [-0.2, -0.15) is 0 Å². The summed E-state index contributed by atoms with van der Waals surface area (Å²) in [6.45, 7) is 2.46. The van der Waals surface area contributed by atoms with Crippen molar-refractivity contribution in [2.75, 3.05) is 27.2 Å². The first-order valence-electron chi connectivity index (χ1n) is 6.29. The van der Waals surface area contributed by atoms with Crippen LogP contribution in [0.1, 0.15) is 32.1 Å². The maximum Gasteiger partial charge on any atom is 0.0726 e. The number of rotatable bonds is 3. The number of hydrogen-bond acceptors (Lipinski definition) is 3. The molecular weight excluding hydrogens is 188 g/mol. The zero-order valence-corrected chi connectivity index (χ0v) is 10.0. The van der Waals surface area contributed by atoms with Gasteiger partial charge in [0, 0.05) is 32.3 Å². The van der Waals surface area contributed by atoms with E-state index in [0.717, 1.165) is 0 Å². The highest BCUT2D eigenvalue weighted by molar-refractivity contribution is 4.90. The highest BCUT2D eigenvalue weighted by Gasteiger charge is 2.33. The second-order valence-corrected chi connectivity index (χ2v) is 4.90. The van der Waals surface area contributed by atoms with Gasteiger partial charge in [0.15, 0.2) is 0 Å². The molecule has 3 heteroatoms. The SMILES string of the molecule is CNC1CCN(C2CCCCC2OC)C1. The summed E-state index contributed by atoms with van der Waals surface area (Å²) in [6, 6.07) is 1.38. The highest BCUT2D eigenvalue weighted by Crippen LogP contribution is 2.27. The van der Waals surface area contributed by atoms with Gasteiger partial charge in [-0.25, -0.2) is 0 Å². The average Bonchev–Trinajstić information content (AvgIpc) is 2.77.